The van der Waals surface area contributed by atoms with Crippen molar-refractivity contribution in [3.63, 3.8) is 0 Å². The lowest BCUT2D eigenvalue weighted by Crippen LogP contribution is -2.26. The lowest BCUT2D eigenvalue weighted by atomic mass is 10.4. The number of aromatic nitrogens is 2. The van der Waals surface area contributed by atoms with Gasteiger partial charge in [-0.25, -0.2) is 4.98 Å². The Hall–Kier alpha value is -2.63. The van der Waals surface area contributed by atoms with Gasteiger partial charge in [-0.1, -0.05) is 6.07 Å². The number of hydrogen-bond donors (Lipinski definition) is 1. The number of ether oxygens (including phenoxy) is 1. The standard InChI is InChI=1S/C14H15N3O3/c1-2-20-14-11(6-5-8-15-14)16-12(18)10-17-9-4-3-7-13(17)19/h3-9H,2,10H2,1H3,(H,16,18). The Labute approximate surface area is 116 Å². The van der Waals surface area contributed by atoms with Gasteiger partial charge in [0.25, 0.3) is 5.56 Å². The smallest absolute Gasteiger partial charge is 0.250 e. The quantitative estimate of drug-likeness (QED) is 0.890. The van der Waals surface area contributed by atoms with Crippen molar-refractivity contribution in [2.45, 2.75) is 13.5 Å². The van der Waals surface area contributed by atoms with Gasteiger partial charge in [0, 0.05) is 18.5 Å². The van der Waals surface area contributed by atoms with Gasteiger partial charge < -0.3 is 14.6 Å². The fourth-order valence-corrected chi connectivity index (χ4v) is 1.67. The van der Waals surface area contributed by atoms with E-state index in [2.05, 4.69) is 10.3 Å². The molecule has 2 heterocycles. The molecule has 0 aromatic carbocycles. The summed E-state index contributed by atoms with van der Waals surface area (Å²) in [5.74, 6) is 0.0519. The van der Waals surface area contributed by atoms with E-state index < -0.39 is 0 Å². The summed E-state index contributed by atoms with van der Waals surface area (Å²) < 4.78 is 6.64. The highest BCUT2D eigenvalue weighted by atomic mass is 16.5. The zero-order valence-electron chi connectivity index (χ0n) is 11.1. The number of rotatable bonds is 5. The van der Waals surface area contributed by atoms with Gasteiger partial charge in [-0.2, -0.15) is 0 Å². The minimum Gasteiger partial charge on any atom is -0.476 e. The first-order valence-electron chi connectivity index (χ1n) is 6.24. The van der Waals surface area contributed by atoms with Crippen molar-refractivity contribution >= 4 is 11.6 Å². The molecule has 0 aliphatic rings. The summed E-state index contributed by atoms with van der Waals surface area (Å²) in [6, 6.07) is 8.13. The predicted octanol–water partition coefficient (Wildman–Crippen LogP) is 1.28. The van der Waals surface area contributed by atoms with Crippen LogP contribution in [-0.2, 0) is 11.3 Å². The number of carbonyl (C=O) groups excluding carboxylic acids is 1. The van der Waals surface area contributed by atoms with E-state index in [0.29, 0.717) is 18.2 Å². The number of nitrogens with one attached hydrogen (secondary N) is 1. The Morgan fingerprint density at radius 1 is 1.35 bits per heavy atom. The maximum absolute atomic E-state index is 11.9. The Balaban J connectivity index is 2.09. The van der Waals surface area contributed by atoms with Crippen LogP contribution in [0.1, 0.15) is 6.92 Å². The summed E-state index contributed by atoms with van der Waals surface area (Å²) in [5, 5.41) is 2.68. The first-order valence-corrected chi connectivity index (χ1v) is 6.24. The zero-order chi connectivity index (χ0) is 14.4. The molecule has 1 N–H and O–H groups in total. The molecule has 0 fully saturated rings. The molecule has 0 aliphatic heterocycles. The Bertz CT molecular complexity index is 652. The van der Waals surface area contributed by atoms with Crippen molar-refractivity contribution in [2.24, 2.45) is 0 Å². The van der Waals surface area contributed by atoms with Crippen molar-refractivity contribution in [3.05, 3.63) is 53.1 Å². The first kappa shape index (κ1) is 13.8. The average Bonchev–Trinajstić information content (AvgIpc) is 2.44. The van der Waals surface area contributed by atoms with Crippen molar-refractivity contribution in [1.82, 2.24) is 9.55 Å². The summed E-state index contributed by atoms with van der Waals surface area (Å²) in [4.78, 5) is 27.5. The number of anilines is 1. The highest BCUT2D eigenvalue weighted by Gasteiger charge is 2.09. The van der Waals surface area contributed by atoms with Crippen LogP contribution in [0, 0.1) is 0 Å². The molecule has 0 bridgehead atoms. The molecule has 6 nitrogen and oxygen atoms in total. The van der Waals surface area contributed by atoms with E-state index in [-0.39, 0.29) is 18.0 Å². The van der Waals surface area contributed by atoms with Gasteiger partial charge in [-0.3, -0.25) is 9.59 Å². The largest absolute Gasteiger partial charge is 0.476 e. The number of amides is 1. The molecular weight excluding hydrogens is 258 g/mol. The number of carbonyl (C=O) groups is 1. The van der Waals surface area contributed by atoms with Crippen LogP contribution in [0.2, 0.25) is 0 Å². The molecule has 2 aromatic rings. The lowest BCUT2D eigenvalue weighted by molar-refractivity contribution is -0.116. The van der Waals surface area contributed by atoms with E-state index in [1.165, 1.54) is 10.6 Å². The van der Waals surface area contributed by atoms with E-state index in [9.17, 15) is 9.59 Å². The van der Waals surface area contributed by atoms with Gasteiger partial charge in [-0.05, 0) is 25.1 Å². The third-order valence-electron chi connectivity index (χ3n) is 2.54. The summed E-state index contributed by atoms with van der Waals surface area (Å²) in [6.45, 7) is 2.24. The molecule has 0 saturated carbocycles. The van der Waals surface area contributed by atoms with Crippen LogP contribution in [-0.4, -0.2) is 22.1 Å². The van der Waals surface area contributed by atoms with E-state index >= 15 is 0 Å². The molecule has 0 saturated heterocycles. The molecule has 6 heteroatoms. The second kappa shape index (κ2) is 6.51. The topological polar surface area (TPSA) is 73.2 Å². The van der Waals surface area contributed by atoms with Crippen LogP contribution in [0.4, 0.5) is 5.69 Å². The van der Waals surface area contributed by atoms with Gasteiger partial charge >= 0.3 is 0 Å². The number of hydrogen-bond acceptors (Lipinski definition) is 4. The highest BCUT2D eigenvalue weighted by molar-refractivity contribution is 5.91. The predicted molar refractivity (Wildman–Crippen MR) is 74.7 cm³/mol. The minimum atomic E-state index is -0.313. The molecule has 104 valence electrons. The van der Waals surface area contributed by atoms with Crippen LogP contribution in [0.3, 0.4) is 0 Å². The highest BCUT2D eigenvalue weighted by Crippen LogP contribution is 2.20. The summed E-state index contributed by atoms with van der Waals surface area (Å²) in [5.41, 5.74) is 0.266. The molecule has 20 heavy (non-hydrogen) atoms. The van der Waals surface area contributed by atoms with Crippen LogP contribution >= 0.6 is 0 Å². The normalized spacial score (nSPS) is 10.1. The van der Waals surface area contributed by atoms with Gasteiger partial charge in [0.15, 0.2) is 0 Å². The molecule has 0 radical (unpaired) electrons. The van der Waals surface area contributed by atoms with Crippen molar-refractivity contribution in [1.29, 1.82) is 0 Å². The molecule has 1 amide bonds. The maximum atomic E-state index is 11.9. The first-order chi connectivity index (χ1) is 9.70. The van der Waals surface area contributed by atoms with Gasteiger partial charge in [0.2, 0.25) is 11.8 Å². The summed E-state index contributed by atoms with van der Waals surface area (Å²) in [6.07, 6.45) is 3.15. The molecule has 0 aliphatic carbocycles. The molecule has 0 spiro atoms. The average molecular weight is 273 g/mol. The second-order valence-electron chi connectivity index (χ2n) is 4.00. The third-order valence-corrected chi connectivity index (χ3v) is 2.54. The second-order valence-corrected chi connectivity index (χ2v) is 4.00. The summed E-state index contributed by atoms with van der Waals surface area (Å²) in [7, 11) is 0. The van der Waals surface area contributed by atoms with Crippen molar-refractivity contribution < 1.29 is 9.53 Å². The fraction of sp³-hybridized carbons (Fsp3) is 0.214. The molecule has 0 atom stereocenters. The van der Waals surface area contributed by atoms with Crippen molar-refractivity contribution in [3.8, 4) is 5.88 Å². The molecule has 2 rings (SSSR count). The maximum Gasteiger partial charge on any atom is 0.250 e. The van der Waals surface area contributed by atoms with E-state index in [4.69, 9.17) is 4.74 Å². The van der Waals surface area contributed by atoms with Crippen LogP contribution in [0.25, 0.3) is 0 Å². The fourth-order valence-electron chi connectivity index (χ4n) is 1.67. The van der Waals surface area contributed by atoms with Crippen molar-refractivity contribution in [2.75, 3.05) is 11.9 Å². The Morgan fingerprint density at radius 2 is 2.20 bits per heavy atom. The zero-order valence-corrected chi connectivity index (χ0v) is 11.1. The SMILES string of the molecule is CCOc1ncccc1NC(=O)Cn1ccccc1=O. The Kier molecular flexibility index (Phi) is 4.49. The molecule has 2 aromatic heterocycles. The number of pyridine rings is 2. The van der Waals surface area contributed by atoms with Gasteiger partial charge in [0.1, 0.15) is 12.2 Å². The van der Waals surface area contributed by atoms with Gasteiger partial charge in [-0.15, -0.1) is 0 Å². The summed E-state index contributed by atoms with van der Waals surface area (Å²) >= 11 is 0. The van der Waals surface area contributed by atoms with E-state index in [0.717, 1.165) is 0 Å². The van der Waals surface area contributed by atoms with Crippen LogP contribution in [0.5, 0.6) is 5.88 Å². The minimum absolute atomic E-state index is 0.0554. The lowest BCUT2D eigenvalue weighted by Gasteiger charge is -2.10. The monoisotopic (exact) mass is 273 g/mol. The number of nitrogens with zero attached hydrogens (tertiary/aromatic N) is 2. The van der Waals surface area contributed by atoms with Crippen LogP contribution < -0.4 is 15.6 Å². The van der Waals surface area contributed by atoms with E-state index in [1.807, 2.05) is 6.92 Å². The molecular formula is C14H15N3O3. The third kappa shape index (κ3) is 3.44. The molecule has 0 unspecified atom stereocenters. The Morgan fingerprint density at radius 3 is 2.95 bits per heavy atom. The van der Waals surface area contributed by atoms with Gasteiger partial charge in [0.05, 0.1) is 6.61 Å². The van der Waals surface area contributed by atoms with Crippen LogP contribution in [0.15, 0.2) is 47.5 Å². The van der Waals surface area contributed by atoms with E-state index in [1.54, 1.807) is 36.7 Å².